The lowest BCUT2D eigenvalue weighted by Gasteiger charge is -2.31. The Bertz CT molecular complexity index is 859. The van der Waals surface area contributed by atoms with Crippen molar-refractivity contribution < 1.29 is 22.6 Å². The van der Waals surface area contributed by atoms with Gasteiger partial charge in [0.2, 0.25) is 0 Å². The Morgan fingerprint density at radius 2 is 1.75 bits per heavy atom. The van der Waals surface area contributed by atoms with E-state index in [4.69, 9.17) is 4.74 Å². The monoisotopic (exact) mass is 389 g/mol. The van der Waals surface area contributed by atoms with Crippen molar-refractivity contribution in [2.24, 2.45) is 0 Å². The topological polar surface area (TPSA) is 21.7 Å². The van der Waals surface area contributed by atoms with Crippen molar-refractivity contribution in [1.82, 2.24) is 4.90 Å². The van der Waals surface area contributed by atoms with Gasteiger partial charge in [-0.15, -0.1) is 0 Å². The summed E-state index contributed by atoms with van der Waals surface area (Å²) in [5, 5.41) is 0. The van der Waals surface area contributed by atoms with E-state index in [1.54, 1.807) is 24.3 Å². The highest BCUT2D eigenvalue weighted by molar-refractivity contribution is 5.87. The lowest BCUT2D eigenvalue weighted by Crippen LogP contribution is -2.33. The third kappa shape index (κ3) is 4.17. The van der Waals surface area contributed by atoms with Crippen molar-refractivity contribution >= 4 is 5.57 Å². The van der Waals surface area contributed by atoms with Crippen LogP contribution in [0.2, 0.25) is 0 Å². The van der Waals surface area contributed by atoms with Gasteiger partial charge >= 0.3 is 6.61 Å². The van der Waals surface area contributed by atoms with Crippen molar-refractivity contribution in [2.75, 3.05) is 26.2 Å². The van der Waals surface area contributed by atoms with Gasteiger partial charge in [0, 0.05) is 12.1 Å². The number of benzene rings is 2. The highest BCUT2D eigenvalue weighted by atomic mass is 19.3. The van der Waals surface area contributed by atoms with Gasteiger partial charge in [0.25, 0.3) is 0 Å². The fourth-order valence-electron chi connectivity index (χ4n) is 3.92. The number of piperidine rings is 1. The van der Waals surface area contributed by atoms with E-state index in [0.717, 1.165) is 36.3 Å². The number of hydrogen-bond donors (Lipinski definition) is 0. The van der Waals surface area contributed by atoms with Crippen LogP contribution in [0, 0.1) is 5.82 Å². The molecule has 2 aliphatic heterocycles. The Hall–Kier alpha value is -2.47. The molecular weight excluding hydrogens is 367 g/mol. The maximum absolute atomic E-state index is 13.5. The number of hydrogen-bond acceptors (Lipinski definition) is 3. The summed E-state index contributed by atoms with van der Waals surface area (Å²) in [6.07, 6.45) is 3.58. The van der Waals surface area contributed by atoms with Gasteiger partial charge in [-0.05, 0) is 73.0 Å². The van der Waals surface area contributed by atoms with Gasteiger partial charge in [-0.25, -0.2) is 4.39 Å². The van der Waals surface area contributed by atoms with Crippen molar-refractivity contribution in [2.45, 2.75) is 25.9 Å². The summed E-state index contributed by atoms with van der Waals surface area (Å²) in [7, 11) is 0. The molecule has 0 unspecified atom stereocenters. The van der Waals surface area contributed by atoms with Crippen LogP contribution in [0.15, 0.2) is 48.0 Å². The van der Waals surface area contributed by atoms with Gasteiger partial charge in [0.1, 0.15) is 23.9 Å². The largest absolute Gasteiger partial charge is 0.489 e. The standard InChI is InChI=1S/C22H22F3NO2/c23-17-6-4-15(5-7-17)21-16(13-26-10-2-1-3-11-26)14-27-20-9-8-18(12-19(20)21)28-22(24)25/h4-9,12,22H,1-3,10-11,13-14H2. The minimum Gasteiger partial charge on any atom is -0.489 e. The predicted molar refractivity (Wildman–Crippen MR) is 101 cm³/mol. The third-order valence-electron chi connectivity index (χ3n) is 5.20. The van der Waals surface area contributed by atoms with Crippen LogP contribution in [-0.4, -0.2) is 37.8 Å². The van der Waals surface area contributed by atoms with Crippen molar-refractivity contribution in [1.29, 1.82) is 0 Å². The number of likely N-dealkylation sites (tertiary alicyclic amines) is 1. The first-order valence-corrected chi connectivity index (χ1v) is 9.52. The number of nitrogens with zero attached hydrogens (tertiary/aromatic N) is 1. The van der Waals surface area contributed by atoms with Crippen LogP contribution in [0.4, 0.5) is 13.2 Å². The Balaban J connectivity index is 1.77. The van der Waals surface area contributed by atoms with Gasteiger partial charge < -0.3 is 9.47 Å². The summed E-state index contributed by atoms with van der Waals surface area (Å²) in [5.74, 6) is 0.378. The molecule has 1 fully saturated rings. The second kappa shape index (κ2) is 8.27. The Morgan fingerprint density at radius 1 is 1.00 bits per heavy atom. The first kappa shape index (κ1) is 18.9. The molecule has 2 aromatic rings. The van der Waals surface area contributed by atoms with Gasteiger partial charge in [0.05, 0.1) is 0 Å². The number of rotatable bonds is 5. The highest BCUT2D eigenvalue weighted by Crippen LogP contribution is 2.40. The summed E-state index contributed by atoms with van der Waals surface area (Å²) in [4.78, 5) is 2.39. The van der Waals surface area contributed by atoms with Crippen LogP contribution in [0.3, 0.4) is 0 Å². The van der Waals surface area contributed by atoms with E-state index in [1.165, 1.54) is 37.5 Å². The summed E-state index contributed by atoms with van der Waals surface area (Å²) in [6, 6.07) is 11.0. The predicted octanol–water partition coefficient (Wildman–Crippen LogP) is 5.11. The number of alkyl halides is 2. The molecule has 0 saturated carbocycles. The van der Waals surface area contributed by atoms with Crippen LogP contribution in [0.1, 0.15) is 30.4 Å². The molecule has 0 spiro atoms. The summed E-state index contributed by atoms with van der Waals surface area (Å²) in [5.41, 5.74) is 3.51. The molecule has 3 nitrogen and oxygen atoms in total. The van der Waals surface area contributed by atoms with Gasteiger partial charge in [-0.1, -0.05) is 18.6 Å². The second-order valence-corrected chi connectivity index (χ2v) is 7.15. The van der Waals surface area contributed by atoms with E-state index in [1.807, 2.05) is 0 Å². The molecule has 2 aromatic carbocycles. The van der Waals surface area contributed by atoms with Gasteiger partial charge in [-0.3, -0.25) is 4.90 Å². The first-order chi connectivity index (χ1) is 13.6. The molecule has 0 amide bonds. The summed E-state index contributed by atoms with van der Waals surface area (Å²) >= 11 is 0. The van der Waals surface area contributed by atoms with Crippen molar-refractivity contribution in [3.8, 4) is 11.5 Å². The SMILES string of the molecule is Fc1ccc(C2=C(CN3CCCCC3)COc3ccc(OC(F)F)cc32)cc1. The molecule has 0 N–H and O–H groups in total. The second-order valence-electron chi connectivity index (χ2n) is 7.15. The number of fused-ring (bicyclic) bond motifs is 1. The quantitative estimate of drug-likeness (QED) is 0.710. The molecule has 2 aliphatic rings. The molecule has 2 heterocycles. The fourth-order valence-corrected chi connectivity index (χ4v) is 3.92. The normalized spacial score (nSPS) is 17.4. The van der Waals surface area contributed by atoms with Gasteiger partial charge in [0.15, 0.2) is 0 Å². The van der Waals surface area contributed by atoms with Crippen LogP contribution in [0.25, 0.3) is 5.57 Å². The molecule has 148 valence electrons. The average Bonchev–Trinajstić information content (AvgIpc) is 2.69. The van der Waals surface area contributed by atoms with E-state index in [0.29, 0.717) is 17.9 Å². The maximum atomic E-state index is 13.5. The molecule has 0 aromatic heterocycles. The lowest BCUT2D eigenvalue weighted by molar-refractivity contribution is -0.0498. The first-order valence-electron chi connectivity index (χ1n) is 9.52. The van der Waals surface area contributed by atoms with Crippen LogP contribution in [-0.2, 0) is 0 Å². The molecule has 28 heavy (non-hydrogen) atoms. The highest BCUT2D eigenvalue weighted by Gasteiger charge is 2.25. The molecular formula is C22H22F3NO2. The Kier molecular flexibility index (Phi) is 5.57. The van der Waals surface area contributed by atoms with Crippen molar-refractivity contribution in [3.63, 3.8) is 0 Å². The molecule has 0 radical (unpaired) electrons. The molecule has 1 saturated heterocycles. The van der Waals surface area contributed by atoms with E-state index < -0.39 is 6.61 Å². The van der Waals surface area contributed by atoms with E-state index in [2.05, 4.69) is 9.64 Å². The third-order valence-corrected chi connectivity index (χ3v) is 5.20. The van der Waals surface area contributed by atoms with Crippen molar-refractivity contribution in [3.05, 3.63) is 65.0 Å². The summed E-state index contributed by atoms with van der Waals surface area (Å²) < 4.78 is 49.4. The molecule has 4 rings (SSSR count). The minimum absolute atomic E-state index is 0.0798. The number of ether oxygens (including phenoxy) is 2. The summed E-state index contributed by atoms with van der Waals surface area (Å²) in [6.45, 7) is 0.328. The molecule has 6 heteroatoms. The van der Waals surface area contributed by atoms with E-state index >= 15 is 0 Å². The maximum Gasteiger partial charge on any atom is 0.387 e. The lowest BCUT2D eigenvalue weighted by atomic mass is 9.90. The molecule has 0 atom stereocenters. The minimum atomic E-state index is -2.89. The Labute approximate surface area is 162 Å². The Morgan fingerprint density at radius 3 is 2.46 bits per heavy atom. The molecule has 0 aliphatic carbocycles. The zero-order chi connectivity index (χ0) is 19.5. The van der Waals surface area contributed by atoms with Gasteiger partial charge in [-0.2, -0.15) is 8.78 Å². The van der Waals surface area contributed by atoms with Crippen LogP contribution < -0.4 is 9.47 Å². The molecule has 0 bridgehead atoms. The zero-order valence-electron chi connectivity index (χ0n) is 15.5. The van der Waals surface area contributed by atoms with E-state index in [-0.39, 0.29) is 11.6 Å². The average molecular weight is 389 g/mol. The van der Waals surface area contributed by atoms with Crippen LogP contribution >= 0.6 is 0 Å². The van der Waals surface area contributed by atoms with Crippen LogP contribution in [0.5, 0.6) is 11.5 Å². The smallest absolute Gasteiger partial charge is 0.387 e. The van der Waals surface area contributed by atoms with E-state index in [9.17, 15) is 13.2 Å². The fraction of sp³-hybridized carbons (Fsp3) is 0.364. The zero-order valence-corrected chi connectivity index (χ0v) is 15.5. The number of halogens is 3.